The number of fused-ring (bicyclic) bond motifs is 2. The van der Waals surface area contributed by atoms with Crippen LogP contribution in [0.3, 0.4) is 0 Å². The normalized spacial score (nSPS) is 11.1. The van der Waals surface area contributed by atoms with E-state index in [1.807, 2.05) is 24.3 Å². The molecule has 25 heavy (non-hydrogen) atoms. The van der Waals surface area contributed by atoms with Crippen molar-refractivity contribution in [3.63, 3.8) is 0 Å². The number of nitrogens with zero attached hydrogens (tertiary/aromatic N) is 1. The number of carbonyl (C=O) groups excluding carboxylic acids is 1. The van der Waals surface area contributed by atoms with Crippen LogP contribution in [0.4, 0.5) is 5.69 Å². The Morgan fingerprint density at radius 3 is 2.72 bits per heavy atom. The van der Waals surface area contributed by atoms with E-state index in [9.17, 15) is 9.59 Å². The molecular weight excluding hydrogens is 340 g/mol. The maximum atomic E-state index is 12.7. The van der Waals surface area contributed by atoms with Crippen LogP contribution in [-0.2, 0) is 7.05 Å². The third kappa shape index (κ3) is 2.58. The van der Waals surface area contributed by atoms with E-state index >= 15 is 0 Å². The van der Waals surface area contributed by atoms with E-state index in [2.05, 4.69) is 5.32 Å². The minimum absolute atomic E-state index is 0.305. The topological polar surface area (TPSA) is 64.2 Å². The fourth-order valence-electron chi connectivity index (χ4n) is 2.94. The lowest BCUT2D eigenvalue weighted by Crippen LogP contribution is -2.16. The second-order valence-electron chi connectivity index (χ2n) is 5.70. The monoisotopic (exact) mass is 352 g/mol. The van der Waals surface area contributed by atoms with Crippen LogP contribution in [0.2, 0.25) is 5.02 Å². The number of hydrogen-bond acceptors (Lipinski definition) is 3. The molecule has 0 radical (unpaired) electrons. The summed E-state index contributed by atoms with van der Waals surface area (Å²) in [6, 6.07) is 15.6. The maximum absolute atomic E-state index is 12.7. The van der Waals surface area contributed by atoms with Gasteiger partial charge >= 0.3 is 5.63 Å². The van der Waals surface area contributed by atoms with E-state index in [0.29, 0.717) is 22.0 Å². The fourth-order valence-corrected chi connectivity index (χ4v) is 3.31. The van der Waals surface area contributed by atoms with Crippen molar-refractivity contribution < 1.29 is 9.21 Å². The Bertz CT molecular complexity index is 1150. The van der Waals surface area contributed by atoms with Crippen molar-refractivity contribution in [2.75, 3.05) is 5.32 Å². The third-order valence-corrected chi connectivity index (χ3v) is 4.52. The quantitative estimate of drug-likeness (QED) is 0.550. The number of benzene rings is 2. The van der Waals surface area contributed by atoms with Crippen molar-refractivity contribution in [3.8, 4) is 0 Å². The number of carbonyl (C=O) groups is 1. The molecular formula is C19H13ClN2O3. The van der Waals surface area contributed by atoms with E-state index in [-0.39, 0.29) is 5.91 Å². The molecule has 0 spiro atoms. The molecule has 4 aromatic rings. The van der Waals surface area contributed by atoms with E-state index in [1.54, 1.807) is 35.9 Å². The minimum Gasteiger partial charge on any atom is -0.423 e. The van der Waals surface area contributed by atoms with Gasteiger partial charge < -0.3 is 14.3 Å². The molecule has 2 aromatic heterocycles. The van der Waals surface area contributed by atoms with Gasteiger partial charge in [-0.15, -0.1) is 0 Å². The number of aromatic nitrogens is 1. The fraction of sp³-hybridized carbons (Fsp3) is 0.0526. The summed E-state index contributed by atoms with van der Waals surface area (Å²) >= 11 is 6.40. The molecule has 1 N–H and O–H groups in total. The molecule has 124 valence electrons. The first-order chi connectivity index (χ1) is 12.0. The summed E-state index contributed by atoms with van der Waals surface area (Å²) < 4.78 is 6.86. The first-order valence-electron chi connectivity index (χ1n) is 7.63. The summed E-state index contributed by atoms with van der Waals surface area (Å²) in [5.41, 5.74) is 1.92. The average Bonchev–Trinajstić information content (AvgIpc) is 2.86. The molecule has 0 atom stereocenters. The molecule has 0 saturated heterocycles. The summed E-state index contributed by atoms with van der Waals surface area (Å²) in [6.07, 6.45) is 0. The maximum Gasteiger partial charge on any atom is 0.336 e. The average molecular weight is 353 g/mol. The van der Waals surface area contributed by atoms with Crippen LogP contribution in [0.5, 0.6) is 0 Å². The lowest BCUT2D eigenvalue weighted by molar-refractivity contribution is 0.102. The van der Waals surface area contributed by atoms with E-state index in [1.165, 1.54) is 6.07 Å². The van der Waals surface area contributed by atoms with Gasteiger partial charge in [0.25, 0.3) is 5.91 Å². The second kappa shape index (κ2) is 5.79. The molecule has 2 aromatic carbocycles. The number of amides is 1. The number of hydrogen-bond donors (Lipinski definition) is 1. The molecule has 0 aliphatic rings. The predicted molar refractivity (Wildman–Crippen MR) is 98.4 cm³/mol. The first-order valence-corrected chi connectivity index (χ1v) is 8.00. The molecule has 0 bridgehead atoms. The number of halogens is 1. The van der Waals surface area contributed by atoms with Gasteiger partial charge in [-0.3, -0.25) is 4.79 Å². The molecule has 5 nitrogen and oxygen atoms in total. The summed E-state index contributed by atoms with van der Waals surface area (Å²) in [4.78, 5) is 24.0. The number of nitrogens with one attached hydrogen (secondary N) is 1. The lowest BCUT2D eigenvalue weighted by Gasteiger charge is -2.08. The number of anilines is 1. The highest BCUT2D eigenvalue weighted by atomic mass is 35.5. The van der Waals surface area contributed by atoms with Crippen LogP contribution in [0.15, 0.2) is 63.8 Å². The highest BCUT2D eigenvalue weighted by Gasteiger charge is 2.19. The Kier molecular flexibility index (Phi) is 3.58. The summed E-state index contributed by atoms with van der Waals surface area (Å²) in [5, 5.41) is 4.82. The highest BCUT2D eigenvalue weighted by molar-refractivity contribution is 6.39. The Balaban J connectivity index is 1.73. The molecule has 0 aliphatic heterocycles. The Hall–Kier alpha value is -3.05. The van der Waals surface area contributed by atoms with E-state index < -0.39 is 5.63 Å². The van der Waals surface area contributed by atoms with Gasteiger partial charge in [0.1, 0.15) is 11.3 Å². The van der Waals surface area contributed by atoms with Gasteiger partial charge in [0, 0.05) is 35.1 Å². The zero-order valence-corrected chi connectivity index (χ0v) is 14.0. The molecule has 4 rings (SSSR count). The van der Waals surface area contributed by atoms with Crippen molar-refractivity contribution >= 4 is 45.1 Å². The predicted octanol–water partition coefficient (Wildman–Crippen LogP) is 4.19. The van der Waals surface area contributed by atoms with Crippen LogP contribution in [-0.4, -0.2) is 10.5 Å². The van der Waals surface area contributed by atoms with E-state index in [0.717, 1.165) is 16.3 Å². The van der Waals surface area contributed by atoms with Gasteiger partial charge in [0.2, 0.25) is 0 Å². The minimum atomic E-state index is -0.411. The molecule has 0 aliphatic carbocycles. The smallest absolute Gasteiger partial charge is 0.336 e. The molecule has 0 saturated carbocycles. The zero-order valence-electron chi connectivity index (χ0n) is 13.2. The largest absolute Gasteiger partial charge is 0.423 e. The van der Waals surface area contributed by atoms with Gasteiger partial charge in [-0.25, -0.2) is 4.79 Å². The van der Waals surface area contributed by atoms with Crippen LogP contribution in [0.1, 0.15) is 10.5 Å². The van der Waals surface area contributed by atoms with E-state index in [4.69, 9.17) is 16.0 Å². The van der Waals surface area contributed by atoms with Gasteiger partial charge in [-0.2, -0.15) is 0 Å². The highest BCUT2D eigenvalue weighted by Crippen LogP contribution is 2.30. The SMILES string of the molecule is Cn1c(C(=O)Nc2ccc3oc(=O)ccc3c2)c(Cl)c2ccccc21. The van der Waals surface area contributed by atoms with Crippen molar-refractivity contribution in [1.82, 2.24) is 4.57 Å². The lowest BCUT2D eigenvalue weighted by atomic mass is 10.2. The molecule has 6 heteroatoms. The Labute approximate surface area is 147 Å². The number of rotatable bonds is 2. The molecule has 2 heterocycles. The standard InChI is InChI=1S/C19H13ClN2O3/c1-22-14-5-3-2-4-13(14)17(20)18(22)19(24)21-12-7-8-15-11(10-12)6-9-16(23)25-15/h2-10H,1H3,(H,21,24). The van der Waals surface area contributed by atoms with Gasteiger partial charge in [-0.1, -0.05) is 29.8 Å². The van der Waals surface area contributed by atoms with Crippen molar-refractivity contribution in [3.05, 3.63) is 75.7 Å². The molecule has 0 unspecified atom stereocenters. The molecule has 0 fully saturated rings. The van der Waals surface area contributed by atoms with Crippen LogP contribution in [0, 0.1) is 0 Å². The first kappa shape index (κ1) is 15.5. The number of aryl methyl sites for hydroxylation is 1. The van der Waals surface area contributed by atoms with Gasteiger partial charge in [-0.05, 0) is 30.3 Å². The zero-order chi connectivity index (χ0) is 17.6. The molecule has 1 amide bonds. The third-order valence-electron chi connectivity index (χ3n) is 4.14. The van der Waals surface area contributed by atoms with Crippen molar-refractivity contribution in [2.45, 2.75) is 0 Å². The summed E-state index contributed by atoms with van der Waals surface area (Å²) in [7, 11) is 1.80. The van der Waals surface area contributed by atoms with Crippen LogP contribution >= 0.6 is 11.6 Å². The van der Waals surface area contributed by atoms with Crippen LogP contribution in [0.25, 0.3) is 21.9 Å². The summed E-state index contributed by atoms with van der Waals surface area (Å²) in [6.45, 7) is 0. The van der Waals surface area contributed by atoms with Crippen molar-refractivity contribution in [2.24, 2.45) is 7.05 Å². The Morgan fingerprint density at radius 1 is 1.12 bits per heavy atom. The van der Waals surface area contributed by atoms with Crippen LogP contribution < -0.4 is 10.9 Å². The Morgan fingerprint density at radius 2 is 1.92 bits per heavy atom. The van der Waals surface area contributed by atoms with Gasteiger partial charge in [0.15, 0.2) is 0 Å². The number of para-hydroxylation sites is 1. The van der Waals surface area contributed by atoms with Crippen molar-refractivity contribution in [1.29, 1.82) is 0 Å². The second-order valence-corrected chi connectivity index (χ2v) is 6.08. The van der Waals surface area contributed by atoms with Gasteiger partial charge in [0.05, 0.1) is 5.02 Å². The summed E-state index contributed by atoms with van der Waals surface area (Å²) in [5.74, 6) is -0.305.